The van der Waals surface area contributed by atoms with Crippen molar-refractivity contribution in [2.45, 2.75) is 19.4 Å². The molecule has 1 heterocycles. The molecule has 2 N–H and O–H groups in total. The number of aryl methyl sites for hydroxylation is 1. The standard InChI is InChI=1S/C21H25N3O4S/c1-15-6-8-16(9-7-15)21(26)23-18-5-3-4-17(12-18)22-20(25)13-24(2)19-10-11-29(27,28)14-19/h3-9,12,19H,10-11,13-14H2,1-2H3,(H,22,25)(H,23,26). The first-order chi connectivity index (χ1) is 13.7. The summed E-state index contributed by atoms with van der Waals surface area (Å²) in [5, 5.41) is 5.62. The van der Waals surface area contributed by atoms with Gasteiger partial charge in [-0.1, -0.05) is 23.8 Å². The van der Waals surface area contributed by atoms with Crippen LogP contribution in [0.1, 0.15) is 22.3 Å². The molecule has 1 saturated heterocycles. The molecule has 1 fully saturated rings. The molecule has 0 spiro atoms. The van der Waals surface area contributed by atoms with Crippen LogP contribution in [0.25, 0.3) is 0 Å². The number of hydrogen-bond acceptors (Lipinski definition) is 5. The second kappa shape index (κ2) is 8.75. The van der Waals surface area contributed by atoms with Crippen LogP contribution in [-0.4, -0.2) is 56.3 Å². The molecule has 2 aromatic carbocycles. The van der Waals surface area contributed by atoms with Crippen molar-refractivity contribution in [3.05, 3.63) is 59.7 Å². The maximum absolute atomic E-state index is 12.3. The van der Waals surface area contributed by atoms with Crippen molar-refractivity contribution in [1.82, 2.24) is 4.90 Å². The Morgan fingerprint density at radius 3 is 2.34 bits per heavy atom. The van der Waals surface area contributed by atoms with E-state index in [4.69, 9.17) is 0 Å². The van der Waals surface area contributed by atoms with E-state index < -0.39 is 9.84 Å². The summed E-state index contributed by atoms with van der Waals surface area (Å²) in [5.74, 6) is -0.196. The zero-order valence-corrected chi connectivity index (χ0v) is 17.3. The number of carbonyl (C=O) groups excluding carboxylic acids is 2. The summed E-state index contributed by atoms with van der Waals surface area (Å²) in [7, 11) is -1.24. The molecule has 0 radical (unpaired) electrons. The van der Waals surface area contributed by atoms with E-state index in [1.54, 1.807) is 48.3 Å². The van der Waals surface area contributed by atoms with Gasteiger partial charge >= 0.3 is 0 Å². The van der Waals surface area contributed by atoms with E-state index in [9.17, 15) is 18.0 Å². The number of nitrogens with zero attached hydrogens (tertiary/aromatic N) is 1. The Bertz CT molecular complexity index is 1000. The topological polar surface area (TPSA) is 95.6 Å². The van der Waals surface area contributed by atoms with Gasteiger partial charge < -0.3 is 10.6 Å². The van der Waals surface area contributed by atoms with Crippen LogP contribution in [0, 0.1) is 6.92 Å². The van der Waals surface area contributed by atoms with Crippen LogP contribution in [0.4, 0.5) is 11.4 Å². The molecule has 0 saturated carbocycles. The van der Waals surface area contributed by atoms with Crippen molar-refractivity contribution in [3.63, 3.8) is 0 Å². The molecule has 8 heteroatoms. The highest BCUT2D eigenvalue weighted by Crippen LogP contribution is 2.18. The number of carbonyl (C=O) groups is 2. The second-order valence-corrected chi connectivity index (χ2v) is 9.65. The first-order valence-corrected chi connectivity index (χ1v) is 11.2. The van der Waals surface area contributed by atoms with Crippen molar-refractivity contribution in [3.8, 4) is 0 Å². The molecule has 3 rings (SSSR count). The van der Waals surface area contributed by atoms with Crippen LogP contribution in [0.2, 0.25) is 0 Å². The lowest BCUT2D eigenvalue weighted by Crippen LogP contribution is -2.38. The van der Waals surface area contributed by atoms with Gasteiger partial charge in [-0.05, 0) is 50.7 Å². The average Bonchev–Trinajstić information content (AvgIpc) is 3.02. The highest BCUT2D eigenvalue weighted by atomic mass is 32.2. The van der Waals surface area contributed by atoms with Crippen molar-refractivity contribution in [2.75, 3.05) is 35.7 Å². The lowest BCUT2D eigenvalue weighted by molar-refractivity contribution is -0.117. The molecule has 2 amide bonds. The van der Waals surface area contributed by atoms with E-state index in [1.165, 1.54) is 0 Å². The van der Waals surface area contributed by atoms with Crippen LogP contribution >= 0.6 is 0 Å². The quantitative estimate of drug-likeness (QED) is 0.755. The molecule has 0 aliphatic carbocycles. The third kappa shape index (κ3) is 5.88. The van der Waals surface area contributed by atoms with E-state index in [0.29, 0.717) is 23.4 Å². The largest absolute Gasteiger partial charge is 0.325 e. The van der Waals surface area contributed by atoms with Gasteiger partial charge in [-0.3, -0.25) is 14.5 Å². The number of nitrogens with one attached hydrogen (secondary N) is 2. The van der Waals surface area contributed by atoms with Crippen molar-refractivity contribution < 1.29 is 18.0 Å². The van der Waals surface area contributed by atoms with E-state index >= 15 is 0 Å². The van der Waals surface area contributed by atoms with Crippen LogP contribution in [-0.2, 0) is 14.6 Å². The number of hydrogen-bond donors (Lipinski definition) is 2. The molecule has 1 atom stereocenters. The predicted molar refractivity (Wildman–Crippen MR) is 114 cm³/mol. The molecule has 0 aromatic heterocycles. The Morgan fingerprint density at radius 2 is 1.72 bits per heavy atom. The van der Waals surface area contributed by atoms with Gasteiger partial charge in [0, 0.05) is 23.0 Å². The fourth-order valence-electron chi connectivity index (χ4n) is 3.26. The van der Waals surface area contributed by atoms with Gasteiger partial charge in [-0.15, -0.1) is 0 Å². The van der Waals surface area contributed by atoms with Gasteiger partial charge in [-0.2, -0.15) is 0 Å². The minimum absolute atomic E-state index is 0.0946. The summed E-state index contributed by atoms with van der Waals surface area (Å²) in [6, 6.07) is 14.0. The third-order valence-electron chi connectivity index (χ3n) is 4.94. The van der Waals surface area contributed by atoms with Crippen LogP contribution in [0.3, 0.4) is 0 Å². The minimum atomic E-state index is -2.99. The van der Waals surface area contributed by atoms with Crippen molar-refractivity contribution in [2.24, 2.45) is 0 Å². The SMILES string of the molecule is Cc1ccc(C(=O)Nc2cccc(NC(=O)CN(C)C3CCS(=O)(=O)C3)c2)cc1. The number of anilines is 2. The van der Waals surface area contributed by atoms with E-state index in [1.807, 2.05) is 19.1 Å². The molecular weight excluding hydrogens is 390 g/mol. The van der Waals surface area contributed by atoms with Crippen LogP contribution in [0.5, 0.6) is 0 Å². The summed E-state index contributed by atoms with van der Waals surface area (Å²) in [6.45, 7) is 2.05. The van der Waals surface area contributed by atoms with Gasteiger partial charge in [0.05, 0.1) is 18.1 Å². The number of sulfone groups is 1. The molecule has 29 heavy (non-hydrogen) atoms. The summed E-state index contributed by atoms with van der Waals surface area (Å²) >= 11 is 0. The van der Waals surface area contributed by atoms with Gasteiger partial charge in [-0.25, -0.2) is 8.42 Å². The zero-order chi connectivity index (χ0) is 21.0. The second-order valence-electron chi connectivity index (χ2n) is 7.42. The van der Waals surface area contributed by atoms with E-state index in [2.05, 4.69) is 10.6 Å². The molecule has 1 unspecified atom stereocenters. The molecule has 1 aliphatic heterocycles. The molecular formula is C21H25N3O4S. The summed E-state index contributed by atoms with van der Waals surface area (Å²) in [6.07, 6.45) is 0.548. The van der Waals surface area contributed by atoms with Crippen LogP contribution < -0.4 is 10.6 Å². The molecule has 154 valence electrons. The number of amides is 2. The predicted octanol–water partition coefficient (Wildman–Crippen LogP) is 2.30. The highest BCUT2D eigenvalue weighted by Gasteiger charge is 2.31. The number of likely N-dealkylation sites (N-methyl/N-ethyl adjacent to an activating group) is 1. The average molecular weight is 416 g/mol. The van der Waals surface area contributed by atoms with Crippen molar-refractivity contribution >= 4 is 33.0 Å². The first-order valence-electron chi connectivity index (χ1n) is 9.40. The maximum Gasteiger partial charge on any atom is 0.255 e. The third-order valence-corrected chi connectivity index (χ3v) is 6.69. The zero-order valence-electron chi connectivity index (χ0n) is 16.5. The summed E-state index contributed by atoms with van der Waals surface area (Å²) in [5.41, 5.74) is 2.76. The molecule has 7 nitrogen and oxygen atoms in total. The van der Waals surface area contributed by atoms with Gasteiger partial charge in [0.15, 0.2) is 9.84 Å². The Labute approximate surface area is 171 Å². The highest BCUT2D eigenvalue weighted by molar-refractivity contribution is 7.91. The lowest BCUT2D eigenvalue weighted by atomic mass is 10.1. The Balaban J connectivity index is 1.57. The van der Waals surface area contributed by atoms with Crippen molar-refractivity contribution in [1.29, 1.82) is 0 Å². The minimum Gasteiger partial charge on any atom is -0.325 e. The van der Waals surface area contributed by atoms with Crippen LogP contribution in [0.15, 0.2) is 48.5 Å². The fourth-order valence-corrected chi connectivity index (χ4v) is 5.07. The van der Waals surface area contributed by atoms with Gasteiger partial charge in [0.1, 0.15) is 0 Å². The summed E-state index contributed by atoms with van der Waals surface area (Å²) in [4.78, 5) is 26.5. The number of rotatable bonds is 6. The Kier molecular flexibility index (Phi) is 6.34. The van der Waals surface area contributed by atoms with Gasteiger partial charge in [0.2, 0.25) is 5.91 Å². The first kappa shape index (κ1) is 21.0. The Hall–Kier alpha value is -2.71. The maximum atomic E-state index is 12.3. The number of benzene rings is 2. The fraction of sp³-hybridized carbons (Fsp3) is 0.333. The van der Waals surface area contributed by atoms with Gasteiger partial charge in [0.25, 0.3) is 5.91 Å². The lowest BCUT2D eigenvalue weighted by Gasteiger charge is -2.22. The monoisotopic (exact) mass is 415 g/mol. The molecule has 0 bridgehead atoms. The smallest absolute Gasteiger partial charge is 0.255 e. The molecule has 1 aliphatic rings. The normalized spacial score (nSPS) is 17.8. The summed E-state index contributed by atoms with van der Waals surface area (Å²) < 4.78 is 23.2. The van der Waals surface area contributed by atoms with E-state index in [-0.39, 0.29) is 35.9 Å². The molecule has 2 aromatic rings. The Morgan fingerprint density at radius 1 is 1.07 bits per heavy atom. The van der Waals surface area contributed by atoms with E-state index in [0.717, 1.165) is 5.56 Å².